The number of amides is 1. The zero-order valence-corrected chi connectivity index (χ0v) is 13.5. The van der Waals surface area contributed by atoms with Crippen molar-refractivity contribution >= 4 is 5.91 Å². The molecule has 120 valence electrons. The molecule has 23 heavy (non-hydrogen) atoms. The first-order chi connectivity index (χ1) is 11.1. The van der Waals surface area contributed by atoms with E-state index in [0.29, 0.717) is 18.2 Å². The molecule has 1 amide bonds. The lowest BCUT2D eigenvalue weighted by atomic mass is 10.2. The highest BCUT2D eigenvalue weighted by Gasteiger charge is 2.25. The maximum absolute atomic E-state index is 12.2. The second-order valence-electron chi connectivity index (χ2n) is 6.00. The van der Waals surface area contributed by atoms with Gasteiger partial charge in [-0.25, -0.2) is 9.97 Å². The van der Waals surface area contributed by atoms with E-state index in [2.05, 4.69) is 15.3 Å². The lowest BCUT2D eigenvalue weighted by Crippen LogP contribution is -2.36. The van der Waals surface area contributed by atoms with Gasteiger partial charge in [0.1, 0.15) is 12.1 Å². The standard InChI is InChI=1S/C18H21N3O2/c1-12-4-3-5-16(8-12)23-13(2)18(22)19-10-15-9-17(14-6-7-14)21-11-20-15/h3-5,8-9,11,13-14H,6-7,10H2,1-2H3,(H,19,22). The normalized spacial score (nSPS) is 15.0. The monoisotopic (exact) mass is 311 g/mol. The summed E-state index contributed by atoms with van der Waals surface area (Å²) in [6.07, 6.45) is 3.41. The molecule has 3 rings (SSSR count). The number of hydrogen-bond donors (Lipinski definition) is 1. The SMILES string of the molecule is Cc1cccc(OC(C)C(=O)NCc2cc(C3CC3)ncn2)c1. The van der Waals surface area contributed by atoms with Crippen LogP contribution in [0.3, 0.4) is 0 Å². The molecule has 0 aliphatic heterocycles. The van der Waals surface area contributed by atoms with E-state index in [0.717, 1.165) is 17.0 Å². The molecule has 5 nitrogen and oxygen atoms in total. The smallest absolute Gasteiger partial charge is 0.261 e. The summed E-state index contributed by atoms with van der Waals surface area (Å²) in [4.78, 5) is 20.6. The summed E-state index contributed by atoms with van der Waals surface area (Å²) in [5, 5.41) is 2.87. The molecule has 0 spiro atoms. The van der Waals surface area contributed by atoms with E-state index in [4.69, 9.17) is 4.74 Å². The van der Waals surface area contributed by atoms with Crippen molar-refractivity contribution in [3.63, 3.8) is 0 Å². The zero-order chi connectivity index (χ0) is 16.2. The van der Waals surface area contributed by atoms with Gasteiger partial charge in [0.15, 0.2) is 6.10 Å². The van der Waals surface area contributed by atoms with Crippen molar-refractivity contribution in [3.05, 3.63) is 53.6 Å². The van der Waals surface area contributed by atoms with Crippen molar-refractivity contribution < 1.29 is 9.53 Å². The van der Waals surface area contributed by atoms with E-state index < -0.39 is 6.10 Å². The lowest BCUT2D eigenvalue weighted by Gasteiger charge is -2.15. The maximum Gasteiger partial charge on any atom is 0.261 e. The van der Waals surface area contributed by atoms with E-state index in [-0.39, 0.29) is 5.91 Å². The van der Waals surface area contributed by atoms with Crippen LogP contribution < -0.4 is 10.1 Å². The second kappa shape index (κ2) is 6.77. The summed E-state index contributed by atoms with van der Waals surface area (Å²) in [7, 11) is 0. The minimum atomic E-state index is -0.554. The quantitative estimate of drug-likeness (QED) is 0.891. The Morgan fingerprint density at radius 1 is 1.35 bits per heavy atom. The number of rotatable bonds is 6. The molecule has 1 atom stereocenters. The van der Waals surface area contributed by atoms with Gasteiger partial charge in [0, 0.05) is 11.6 Å². The number of hydrogen-bond acceptors (Lipinski definition) is 4. The molecule has 2 aromatic rings. The van der Waals surface area contributed by atoms with E-state index in [1.54, 1.807) is 13.3 Å². The molecule has 0 radical (unpaired) electrons. The fourth-order valence-corrected chi connectivity index (χ4v) is 2.38. The highest BCUT2D eigenvalue weighted by molar-refractivity contribution is 5.80. The molecule has 1 aromatic carbocycles. The van der Waals surface area contributed by atoms with Gasteiger partial charge in [-0.05, 0) is 50.5 Å². The highest BCUT2D eigenvalue weighted by Crippen LogP contribution is 2.38. The van der Waals surface area contributed by atoms with Crippen molar-refractivity contribution in [1.29, 1.82) is 0 Å². The van der Waals surface area contributed by atoms with Crippen LogP contribution in [0.5, 0.6) is 5.75 Å². The number of aromatic nitrogens is 2. The first-order valence-corrected chi connectivity index (χ1v) is 7.93. The summed E-state index contributed by atoms with van der Waals surface area (Å²) in [5.74, 6) is 1.12. The molecule has 1 aliphatic rings. The Hall–Kier alpha value is -2.43. The number of nitrogens with zero attached hydrogens (tertiary/aromatic N) is 2. The fraction of sp³-hybridized carbons (Fsp3) is 0.389. The van der Waals surface area contributed by atoms with E-state index in [9.17, 15) is 4.79 Å². The number of carbonyl (C=O) groups is 1. The third kappa shape index (κ3) is 4.28. The molecular formula is C18H21N3O2. The zero-order valence-electron chi connectivity index (χ0n) is 13.5. The third-order valence-electron chi connectivity index (χ3n) is 3.86. The second-order valence-corrected chi connectivity index (χ2v) is 6.00. The van der Waals surface area contributed by atoms with Crippen molar-refractivity contribution in [2.45, 2.75) is 45.3 Å². The van der Waals surface area contributed by atoms with Gasteiger partial charge in [0.05, 0.1) is 12.2 Å². The highest BCUT2D eigenvalue weighted by atomic mass is 16.5. The Morgan fingerprint density at radius 3 is 2.91 bits per heavy atom. The van der Waals surface area contributed by atoms with Gasteiger partial charge >= 0.3 is 0 Å². The third-order valence-corrected chi connectivity index (χ3v) is 3.86. The summed E-state index contributed by atoms with van der Waals surface area (Å²) >= 11 is 0. The van der Waals surface area contributed by atoms with Gasteiger partial charge in [-0.1, -0.05) is 12.1 Å². The minimum absolute atomic E-state index is 0.155. The molecule has 1 N–H and O–H groups in total. The summed E-state index contributed by atoms with van der Waals surface area (Å²) in [6, 6.07) is 9.64. The summed E-state index contributed by atoms with van der Waals surface area (Å²) in [6.45, 7) is 4.13. The van der Waals surface area contributed by atoms with E-state index >= 15 is 0 Å². The van der Waals surface area contributed by atoms with Crippen molar-refractivity contribution in [2.24, 2.45) is 0 Å². The Kier molecular flexibility index (Phi) is 4.55. The van der Waals surface area contributed by atoms with Crippen LogP contribution in [-0.4, -0.2) is 22.0 Å². The molecule has 1 aromatic heterocycles. The number of aryl methyl sites for hydroxylation is 1. The average Bonchev–Trinajstić information content (AvgIpc) is 3.38. The van der Waals surface area contributed by atoms with Gasteiger partial charge in [-0.15, -0.1) is 0 Å². The van der Waals surface area contributed by atoms with Crippen LogP contribution in [0, 0.1) is 6.92 Å². The molecule has 0 bridgehead atoms. The molecule has 1 unspecified atom stereocenters. The summed E-state index contributed by atoms with van der Waals surface area (Å²) in [5.41, 5.74) is 3.01. The van der Waals surface area contributed by atoms with Crippen LogP contribution in [0.25, 0.3) is 0 Å². The Balaban J connectivity index is 1.53. The van der Waals surface area contributed by atoms with Crippen molar-refractivity contribution in [2.75, 3.05) is 0 Å². The minimum Gasteiger partial charge on any atom is -0.481 e. The Morgan fingerprint density at radius 2 is 2.17 bits per heavy atom. The van der Waals surface area contributed by atoms with Gasteiger partial charge in [0.2, 0.25) is 0 Å². The fourth-order valence-electron chi connectivity index (χ4n) is 2.38. The van der Waals surface area contributed by atoms with Gasteiger partial charge in [-0.2, -0.15) is 0 Å². The first-order valence-electron chi connectivity index (χ1n) is 7.93. The Bertz CT molecular complexity index is 698. The molecule has 1 fully saturated rings. The van der Waals surface area contributed by atoms with E-state index in [1.165, 1.54) is 12.8 Å². The average molecular weight is 311 g/mol. The van der Waals surface area contributed by atoms with Gasteiger partial charge in [-0.3, -0.25) is 4.79 Å². The van der Waals surface area contributed by atoms with Crippen LogP contribution in [0.4, 0.5) is 0 Å². The first kappa shape index (κ1) is 15.5. The van der Waals surface area contributed by atoms with Crippen LogP contribution in [-0.2, 0) is 11.3 Å². The Labute approximate surface area is 136 Å². The van der Waals surface area contributed by atoms with Crippen molar-refractivity contribution in [1.82, 2.24) is 15.3 Å². The number of nitrogens with one attached hydrogen (secondary N) is 1. The van der Waals surface area contributed by atoms with Gasteiger partial charge in [0.25, 0.3) is 5.91 Å². The summed E-state index contributed by atoms with van der Waals surface area (Å²) < 4.78 is 5.67. The van der Waals surface area contributed by atoms with Crippen LogP contribution in [0.15, 0.2) is 36.7 Å². The van der Waals surface area contributed by atoms with Crippen LogP contribution in [0.2, 0.25) is 0 Å². The predicted octanol–water partition coefficient (Wildman–Crippen LogP) is 2.75. The topological polar surface area (TPSA) is 64.1 Å². The van der Waals surface area contributed by atoms with Crippen LogP contribution >= 0.6 is 0 Å². The van der Waals surface area contributed by atoms with E-state index in [1.807, 2.05) is 37.3 Å². The van der Waals surface area contributed by atoms with Crippen LogP contribution in [0.1, 0.15) is 42.6 Å². The molecular weight excluding hydrogens is 290 g/mol. The molecule has 1 heterocycles. The lowest BCUT2D eigenvalue weighted by molar-refractivity contribution is -0.127. The molecule has 0 saturated heterocycles. The number of benzene rings is 1. The maximum atomic E-state index is 12.2. The number of ether oxygens (including phenoxy) is 1. The molecule has 1 saturated carbocycles. The molecule has 5 heteroatoms. The predicted molar refractivity (Wildman–Crippen MR) is 87.1 cm³/mol. The molecule has 1 aliphatic carbocycles. The van der Waals surface area contributed by atoms with Crippen molar-refractivity contribution in [3.8, 4) is 5.75 Å². The van der Waals surface area contributed by atoms with Gasteiger partial charge < -0.3 is 10.1 Å². The largest absolute Gasteiger partial charge is 0.481 e. The number of carbonyl (C=O) groups excluding carboxylic acids is 1.